The monoisotopic (exact) mass is 910 g/mol. The van der Waals surface area contributed by atoms with Gasteiger partial charge in [0.15, 0.2) is 10.3 Å². The fourth-order valence-corrected chi connectivity index (χ4v) is 7.09. The van der Waals surface area contributed by atoms with Gasteiger partial charge in [-0.05, 0) is 91.6 Å². The van der Waals surface area contributed by atoms with E-state index in [0.717, 1.165) is 23.5 Å². The minimum atomic E-state index is -0.305. The van der Waals surface area contributed by atoms with Crippen LogP contribution in [0.4, 0.5) is 10.3 Å². The number of hydrogen-bond donors (Lipinski definition) is 2. The summed E-state index contributed by atoms with van der Waals surface area (Å²) >= 11 is 2.70. The molecule has 330 valence electrons. The van der Waals surface area contributed by atoms with Crippen molar-refractivity contribution >= 4 is 44.8 Å². The highest BCUT2D eigenvalue weighted by Crippen LogP contribution is 2.34. The van der Waals surface area contributed by atoms with Crippen molar-refractivity contribution in [1.29, 1.82) is 0 Å². The molecule has 1 aliphatic carbocycles. The van der Waals surface area contributed by atoms with E-state index in [-0.39, 0.29) is 11.8 Å². The number of amides is 2. The van der Waals surface area contributed by atoms with Crippen LogP contribution in [0.5, 0.6) is 34.5 Å². The molecular weight excluding hydrogens is 869 g/mol. The molecule has 0 unspecified atom stereocenters. The van der Waals surface area contributed by atoms with Crippen molar-refractivity contribution in [2.75, 3.05) is 23.8 Å². The van der Waals surface area contributed by atoms with Crippen LogP contribution in [0.15, 0.2) is 130 Å². The number of aromatic nitrogens is 6. The predicted octanol–water partition coefficient (Wildman–Crippen LogP) is 11.2. The van der Waals surface area contributed by atoms with Crippen molar-refractivity contribution in [1.82, 2.24) is 30.4 Å². The minimum absolute atomic E-state index is 0.274. The number of nitrogens with zero attached hydrogens (tertiary/aromatic N) is 6. The Morgan fingerprint density at radius 1 is 0.646 bits per heavy atom. The van der Waals surface area contributed by atoms with Gasteiger partial charge in [0.1, 0.15) is 34.5 Å². The molecule has 8 aromatic rings. The maximum absolute atomic E-state index is 12.8. The number of carbonyl (C=O) groups excluding carboxylic acids is 2. The maximum atomic E-state index is 12.8. The van der Waals surface area contributed by atoms with Crippen LogP contribution in [0.3, 0.4) is 0 Å². The topological polar surface area (TPSA) is 199 Å². The fraction of sp³-hybridized carbons (Fsp3) is 0.191. The van der Waals surface area contributed by atoms with Gasteiger partial charge in [0.25, 0.3) is 11.8 Å². The van der Waals surface area contributed by atoms with Gasteiger partial charge in [-0.3, -0.25) is 20.2 Å². The highest BCUT2D eigenvalue weighted by molar-refractivity contribution is 7.14. The molecule has 65 heavy (non-hydrogen) atoms. The molecule has 2 N–H and O–H groups in total. The van der Waals surface area contributed by atoms with Crippen LogP contribution in [0.2, 0.25) is 0 Å². The third-order valence-corrected chi connectivity index (χ3v) is 10.8. The van der Waals surface area contributed by atoms with Gasteiger partial charge in [0.05, 0.1) is 13.2 Å². The molecule has 0 radical (unpaired) electrons. The van der Waals surface area contributed by atoms with E-state index in [9.17, 15) is 9.59 Å². The second-order valence-corrected chi connectivity index (χ2v) is 16.3. The number of nitrogens with one attached hydrogen (secondary N) is 2. The first-order valence-corrected chi connectivity index (χ1v) is 22.2. The molecule has 1 saturated carbocycles. The van der Waals surface area contributed by atoms with Crippen LogP contribution in [0, 0.1) is 19.8 Å². The zero-order valence-electron chi connectivity index (χ0n) is 35.3. The van der Waals surface area contributed by atoms with Crippen molar-refractivity contribution in [2.45, 2.75) is 39.5 Å². The van der Waals surface area contributed by atoms with E-state index in [4.69, 9.17) is 27.8 Å². The Morgan fingerprint density at radius 2 is 1.11 bits per heavy atom. The summed E-state index contributed by atoms with van der Waals surface area (Å²) in [5, 5.41) is 25.9. The molecule has 16 nitrogen and oxygen atoms in total. The van der Waals surface area contributed by atoms with Crippen molar-refractivity contribution < 1.29 is 37.4 Å². The minimum Gasteiger partial charge on any atom is -0.493 e. The predicted molar refractivity (Wildman–Crippen MR) is 245 cm³/mol. The molecule has 1 aliphatic rings. The lowest BCUT2D eigenvalue weighted by molar-refractivity contribution is 0.101. The van der Waals surface area contributed by atoms with Crippen molar-refractivity contribution in [2.24, 2.45) is 5.92 Å². The highest BCUT2D eigenvalue weighted by atomic mass is 32.1. The summed E-state index contributed by atoms with van der Waals surface area (Å²) in [5.74, 6) is 5.35. The normalized spacial score (nSPS) is 11.8. The zero-order chi connectivity index (χ0) is 45.0. The van der Waals surface area contributed by atoms with Crippen LogP contribution in [-0.4, -0.2) is 55.4 Å². The molecule has 0 atom stereocenters. The highest BCUT2D eigenvalue weighted by Gasteiger charge is 2.21. The van der Waals surface area contributed by atoms with Crippen molar-refractivity contribution in [3.05, 3.63) is 144 Å². The lowest BCUT2D eigenvalue weighted by Gasteiger charge is -2.12. The number of thiazole rings is 2. The maximum Gasteiger partial charge on any atom is 0.257 e. The molecule has 9 rings (SSSR count). The van der Waals surface area contributed by atoms with E-state index in [1.54, 1.807) is 91.6 Å². The average molecular weight is 911 g/mol. The Balaban J connectivity index is 0.000000177. The smallest absolute Gasteiger partial charge is 0.257 e. The first kappa shape index (κ1) is 43.9. The summed E-state index contributed by atoms with van der Waals surface area (Å²) in [6.07, 6.45) is 9.28. The van der Waals surface area contributed by atoms with Crippen molar-refractivity contribution in [3.63, 3.8) is 0 Å². The Hall–Kier alpha value is -7.70. The number of benzene rings is 4. The van der Waals surface area contributed by atoms with Gasteiger partial charge in [0, 0.05) is 71.4 Å². The van der Waals surface area contributed by atoms with Crippen LogP contribution in [0.1, 0.15) is 58.2 Å². The molecule has 2 amide bonds. The molecule has 0 bridgehead atoms. The first-order chi connectivity index (χ1) is 31.7. The van der Waals surface area contributed by atoms with E-state index in [2.05, 4.69) is 47.6 Å². The fourth-order valence-electron chi connectivity index (χ4n) is 6.04. The summed E-state index contributed by atoms with van der Waals surface area (Å²) in [7, 11) is 0. The quantitative estimate of drug-likeness (QED) is 0.0608. The number of anilines is 2. The number of carbonyl (C=O) groups is 2. The third kappa shape index (κ3) is 12.7. The standard InChI is InChI=1S/C24H22N4O4S.C23H20N4O4S/c1-15-27-28-23(31-15)17-4-6-19(7-5-17)32-21-13-18(22(29)26-24-25-9-11-33-24)12-20(14-21)30-10-8-16-2-3-16;1-3-4-10-29-19-12-17(21(28)25-23-24-9-11-32-23)13-20(14-19)31-18-7-5-16(6-8-18)22-27-26-15(2)30-22/h4-7,9,11-14,16H,2-3,8,10H2,1H3,(H,25,26,29);3,5-9,11-14H,1,4,10H2,2H3,(H,24,25,28). The second-order valence-electron chi connectivity index (χ2n) is 14.5. The molecule has 1 fully saturated rings. The van der Waals surface area contributed by atoms with Gasteiger partial charge in [-0.25, -0.2) is 9.97 Å². The van der Waals surface area contributed by atoms with Gasteiger partial charge >= 0.3 is 0 Å². The molecule has 18 heteroatoms. The summed E-state index contributed by atoms with van der Waals surface area (Å²) in [4.78, 5) is 33.7. The first-order valence-electron chi connectivity index (χ1n) is 20.5. The Morgan fingerprint density at radius 3 is 1.51 bits per heavy atom. The second kappa shape index (κ2) is 21.1. The van der Waals surface area contributed by atoms with Gasteiger partial charge in [-0.1, -0.05) is 18.9 Å². The van der Waals surface area contributed by atoms with Gasteiger partial charge in [-0.15, -0.1) is 49.6 Å². The van der Waals surface area contributed by atoms with E-state index >= 15 is 0 Å². The Bertz CT molecular complexity index is 2820. The Labute approximate surface area is 381 Å². The lowest BCUT2D eigenvalue weighted by Crippen LogP contribution is -2.12. The number of hydrogen-bond acceptors (Lipinski definition) is 16. The molecule has 4 aromatic carbocycles. The SMILES string of the molecule is C=CCCOc1cc(Oc2ccc(-c3nnc(C)o3)cc2)cc(C(=O)Nc2nccs2)c1.Cc1nnc(-c2ccc(Oc3cc(OCCC4CC4)cc(C(=O)Nc4nccs4)c3)cc2)o1. The van der Waals surface area contributed by atoms with E-state index in [1.807, 2.05) is 36.4 Å². The van der Waals surface area contributed by atoms with Crippen LogP contribution >= 0.6 is 22.7 Å². The van der Waals surface area contributed by atoms with E-state index in [0.29, 0.717) is 99.1 Å². The third-order valence-electron chi connectivity index (χ3n) is 9.40. The van der Waals surface area contributed by atoms with Crippen molar-refractivity contribution in [3.8, 4) is 57.4 Å². The van der Waals surface area contributed by atoms with E-state index in [1.165, 1.54) is 35.5 Å². The van der Waals surface area contributed by atoms with Crippen LogP contribution in [-0.2, 0) is 0 Å². The van der Waals surface area contributed by atoms with Crippen LogP contribution in [0.25, 0.3) is 22.9 Å². The summed E-state index contributed by atoms with van der Waals surface area (Å²) in [6, 6.07) is 24.8. The largest absolute Gasteiger partial charge is 0.493 e. The lowest BCUT2D eigenvalue weighted by atomic mass is 10.2. The average Bonchev–Trinajstić information content (AvgIpc) is 3.77. The molecule has 0 saturated heterocycles. The number of ether oxygens (including phenoxy) is 4. The molecular formula is C47H42N8O8S2. The van der Waals surface area contributed by atoms with Gasteiger partial charge in [0.2, 0.25) is 23.6 Å². The summed E-state index contributed by atoms with van der Waals surface area (Å²) in [6.45, 7) is 8.23. The zero-order valence-corrected chi connectivity index (χ0v) is 36.9. The van der Waals surface area contributed by atoms with E-state index < -0.39 is 0 Å². The van der Waals surface area contributed by atoms with Gasteiger partial charge in [-0.2, -0.15) is 0 Å². The molecule has 0 aliphatic heterocycles. The number of rotatable bonds is 18. The molecule has 4 aromatic heterocycles. The molecule has 4 heterocycles. The van der Waals surface area contributed by atoms with Gasteiger partial charge < -0.3 is 27.8 Å². The summed E-state index contributed by atoms with van der Waals surface area (Å²) < 4.78 is 34.6. The number of aryl methyl sites for hydroxylation is 2. The summed E-state index contributed by atoms with van der Waals surface area (Å²) in [5.41, 5.74) is 2.40. The molecule has 0 spiro atoms. The van der Waals surface area contributed by atoms with Crippen LogP contribution < -0.4 is 29.6 Å². The Kier molecular flexibility index (Phi) is 14.3.